The molecular weight excluding hydrogens is 164 g/mol. The molecule has 1 amide bonds. The van der Waals surface area contributed by atoms with E-state index in [1.807, 2.05) is 30.3 Å². The predicted octanol–water partition coefficient (Wildman–Crippen LogP) is 2.13. The van der Waals surface area contributed by atoms with Crippen LogP contribution in [0.25, 0.3) is 10.9 Å². The topological polar surface area (TPSA) is 44.9 Å². The number of nitrogens with one attached hydrogen (secondary N) is 2. The van der Waals surface area contributed by atoms with Crippen molar-refractivity contribution in [2.24, 2.45) is 0 Å². The van der Waals surface area contributed by atoms with Crippen molar-refractivity contribution in [1.82, 2.24) is 4.98 Å². The van der Waals surface area contributed by atoms with Crippen LogP contribution in [0.1, 0.15) is 6.92 Å². The van der Waals surface area contributed by atoms with Gasteiger partial charge < -0.3 is 10.3 Å². The van der Waals surface area contributed by atoms with Crippen LogP contribution in [0, 0.1) is 0 Å². The maximum Gasteiger partial charge on any atom is 0.222 e. The molecule has 0 fully saturated rings. The molecule has 1 aromatic carbocycles. The van der Waals surface area contributed by atoms with E-state index in [1.165, 1.54) is 6.92 Å². The number of rotatable bonds is 1. The number of hydrogen-bond donors (Lipinski definition) is 2. The summed E-state index contributed by atoms with van der Waals surface area (Å²) in [6.07, 6.45) is 0. The number of amides is 1. The smallest absolute Gasteiger partial charge is 0.222 e. The third-order valence-corrected chi connectivity index (χ3v) is 1.84. The third kappa shape index (κ3) is 1.54. The number of anilines is 1. The zero-order valence-electron chi connectivity index (χ0n) is 7.29. The van der Waals surface area contributed by atoms with Crippen LogP contribution in [0.5, 0.6) is 0 Å². The molecule has 3 nitrogen and oxygen atoms in total. The van der Waals surface area contributed by atoms with Gasteiger partial charge in [-0.3, -0.25) is 4.79 Å². The average Bonchev–Trinajstić information content (AvgIpc) is 2.44. The van der Waals surface area contributed by atoms with E-state index in [0.717, 1.165) is 16.7 Å². The van der Waals surface area contributed by atoms with Crippen LogP contribution in [0.4, 0.5) is 5.82 Å². The van der Waals surface area contributed by atoms with Gasteiger partial charge in [0.2, 0.25) is 5.91 Å². The van der Waals surface area contributed by atoms with Gasteiger partial charge in [0.05, 0.1) is 0 Å². The molecule has 0 spiro atoms. The fraction of sp³-hybridized carbons (Fsp3) is 0.100. The van der Waals surface area contributed by atoms with Crippen molar-refractivity contribution in [2.75, 3.05) is 5.32 Å². The third-order valence-electron chi connectivity index (χ3n) is 1.84. The molecule has 66 valence electrons. The molecule has 0 radical (unpaired) electrons. The van der Waals surface area contributed by atoms with Crippen LogP contribution in [0.2, 0.25) is 0 Å². The highest BCUT2D eigenvalue weighted by molar-refractivity contribution is 5.92. The molecule has 0 saturated carbocycles. The Labute approximate surface area is 75.8 Å². The van der Waals surface area contributed by atoms with Crippen molar-refractivity contribution < 1.29 is 4.79 Å². The van der Waals surface area contributed by atoms with Crippen LogP contribution in [-0.4, -0.2) is 10.9 Å². The van der Waals surface area contributed by atoms with Gasteiger partial charge >= 0.3 is 0 Å². The van der Waals surface area contributed by atoms with Crippen molar-refractivity contribution in [3.8, 4) is 0 Å². The highest BCUT2D eigenvalue weighted by atomic mass is 16.1. The second-order valence-corrected chi connectivity index (χ2v) is 2.95. The number of fused-ring (bicyclic) bond motifs is 1. The van der Waals surface area contributed by atoms with E-state index in [9.17, 15) is 4.79 Å². The van der Waals surface area contributed by atoms with E-state index in [0.29, 0.717) is 0 Å². The van der Waals surface area contributed by atoms with Gasteiger partial charge in [0.25, 0.3) is 0 Å². The minimum Gasteiger partial charge on any atom is -0.341 e. The number of aromatic nitrogens is 1. The molecule has 2 aromatic rings. The molecule has 0 aliphatic rings. The summed E-state index contributed by atoms with van der Waals surface area (Å²) in [5.41, 5.74) is 1.03. The molecule has 1 aromatic heterocycles. The summed E-state index contributed by atoms with van der Waals surface area (Å²) in [7, 11) is 0. The van der Waals surface area contributed by atoms with Crippen LogP contribution < -0.4 is 5.32 Å². The lowest BCUT2D eigenvalue weighted by Gasteiger charge is -1.94. The van der Waals surface area contributed by atoms with E-state index < -0.39 is 0 Å². The quantitative estimate of drug-likeness (QED) is 0.683. The Morgan fingerprint density at radius 1 is 1.38 bits per heavy atom. The zero-order chi connectivity index (χ0) is 9.26. The molecule has 1 heterocycles. The summed E-state index contributed by atoms with van der Waals surface area (Å²) < 4.78 is 0. The number of carbonyl (C=O) groups is 1. The molecule has 13 heavy (non-hydrogen) atoms. The van der Waals surface area contributed by atoms with E-state index in [2.05, 4.69) is 10.3 Å². The zero-order valence-corrected chi connectivity index (χ0v) is 7.29. The van der Waals surface area contributed by atoms with Gasteiger partial charge in [-0.2, -0.15) is 0 Å². The molecule has 0 aliphatic carbocycles. The van der Waals surface area contributed by atoms with Crippen molar-refractivity contribution in [1.29, 1.82) is 0 Å². The van der Waals surface area contributed by atoms with Gasteiger partial charge in [0.1, 0.15) is 5.82 Å². The Morgan fingerprint density at radius 3 is 2.85 bits per heavy atom. The molecule has 2 N–H and O–H groups in total. The van der Waals surface area contributed by atoms with Gasteiger partial charge in [-0.1, -0.05) is 18.2 Å². The van der Waals surface area contributed by atoms with Crippen LogP contribution in [-0.2, 0) is 4.79 Å². The minimum atomic E-state index is -0.0634. The van der Waals surface area contributed by atoms with E-state index in [1.54, 1.807) is 0 Å². The highest BCUT2D eigenvalue weighted by Gasteiger charge is 1.99. The minimum absolute atomic E-state index is 0.0634. The maximum atomic E-state index is 10.8. The van der Waals surface area contributed by atoms with Gasteiger partial charge in [-0.05, 0) is 12.1 Å². The van der Waals surface area contributed by atoms with Crippen molar-refractivity contribution in [3.63, 3.8) is 0 Å². The van der Waals surface area contributed by atoms with Crippen molar-refractivity contribution in [3.05, 3.63) is 30.3 Å². The number of carbonyl (C=O) groups excluding carboxylic acids is 1. The SMILES string of the molecule is CC(=O)Nc1cc2ccccc2[nH]1. The molecular formula is C10H10N2O. The first kappa shape index (κ1) is 7.86. The normalized spacial score (nSPS) is 10.2. The lowest BCUT2D eigenvalue weighted by Crippen LogP contribution is -2.05. The summed E-state index contributed by atoms with van der Waals surface area (Å²) in [6, 6.07) is 9.80. The number of para-hydroxylation sites is 1. The fourth-order valence-corrected chi connectivity index (χ4v) is 1.33. The fourth-order valence-electron chi connectivity index (χ4n) is 1.33. The molecule has 0 atom stereocenters. The first-order valence-corrected chi connectivity index (χ1v) is 4.11. The molecule has 0 unspecified atom stereocenters. The van der Waals surface area contributed by atoms with Gasteiger partial charge in [0, 0.05) is 17.8 Å². The Balaban J connectivity index is 2.44. The molecule has 0 saturated heterocycles. The average molecular weight is 174 g/mol. The standard InChI is InChI=1S/C10H10N2O/c1-7(13)11-10-6-8-4-2-3-5-9(8)12-10/h2-6,12H,1H3,(H,11,13). The Hall–Kier alpha value is -1.77. The van der Waals surface area contributed by atoms with Crippen LogP contribution in [0.15, 0.2) is 30.3 Å². The van der Waals surface area contributed by atoms with Crippen molar-refractivity contribution in [2.45, 2.75) is 6.92 Å². The number of H-pyrrole nitrogens is 1. The largest absolute Gasteiger partial charge is 0.341 e. The summed E-state index contributed by atoms with van der Waals surface area (Å²) in [4.78, 5) is 13.9. The van der Waals surface area contributed by atoms with E-state index >= 15 is 0 Å². The monoisotopic (exact) mass is 174 g/mol. The first-order valence-electron chi connectivity index (χ1n) is 4.11. The Bertz CT molecular complexity index is 412. The predicted molar refractivity (Wildman–Crippen MR) is 52.6 cm³/mol. The van der Waals surface area contributed by atoms with Gasteiger partial charge in [0.15, 0.2) is 0 Å². The lowest BCUT2D eigenvalue weighted by molar-refractivity contribution is -0.114. The molecule has 0 bridgehead atoms. The van der Waals surface area contributed by atoms with Gasteiger partial charge in [-0.25, -0.2) is 0 Å². The van der Waals surface area contributed by atoms with E-state index in [4.69, 9.17) is 0 Å². The lowest BCUT2D eigenvalue weighted by atomic mass is 10.2. The molecule has 0 aliphatic heterocycles. The van der Waals surface area contributed by atoms with Crippen LogP contribution in [0.3, 0.4) is 0 Å². The second-order valence-electron chi connectivity index (χ2n) is 2.95. The highest BCUT2D eigenvalue weighted by Crippen LogP contribution is 2.17. The number of benzene rings is 1. The Kier molecular flexibility index (Phi) is 1.77. The number of hydrogen-bond acceptors (Lipinski definition) is 1. The summed E-state index contributed by atoms with van der Waals surface area (Å²) >= 11 is 0. The first-order chi connectivity index (χ1) is 6.25. The van der Waals surface area contributed by atoms with Crippen LogP contribution >= 0.6 is 0 Å². The summed E-state index contributed by atoms with van der Waals surface area (Å²) in [5, 5.41) is 3.80. The van der Waals surface area contributed by atoms with E-state index in [-0.39, 0.29) is 5.91 Å². The maximum absolute atomic E-state index is 10.8. The molecule has 3 heteroatoms. The van der Waals surface area contributed by atoms with Gasteiger partial charge in [-0.15, -0.1) is 0 Å². The summed E-state index contributed by atoms with van der Waals surface area (Å²) in [6.45, 7) is 1.49. The second kappa shape index (κ2) is 2.94. The summed E-state index contributed by atoms with van der Waals surface area (Å²) in [5.74, 6) is 0.681. The van der Waals surface area contributed by atoms with Crippen molar-refractivity contribution >= 4 is 22.6 Å². The molecule has 2 rings (SSSR count). The Morgan fingerprint density at radius 2 is 2.15 bits per heavy atom. The number of aromatic amines is 1.